The smallest absolute Gasteiger partial charge is 0.104 e. The molecule has 1 spiro atoms. The van der Waals surface area contributed by atoms with Crippen LogP contribution in [-0.4, -0.2) is 19.1 Å². The van der Waals surface area contributed by atoms with Crippen LogP contribution in [0.5, 0.6) is 0 Å². The Labute approximate surface area is 349 Å². The normalized spacial score (nSPS) is 13.4. The van der Waals surface area contributed by atoms with Gasteiger partial charge < -0.3 is 9.13 Å². The number of aromatic nitrogens is 4. The Bertz CT molecular complexity index is 3580. The van der Waals surface area contributed by atoms with Crippen LogP contribution in [0.15, 0.2) is 198 Å². The van der Waals surface area contributed by atoms with Gasteiger partial charge in [0.15, 0.2) is 0 Å². The van der Waals surface area contributed by atoms with Gasteiger partial charge in [0, 0.05) is 43.7 Å². The molecule has 0 bridgehead atoms. The number of hydrogen-bond acceptors (Lipinski definition) is 4. The molecule has 0 amide bonds. The number of benzene rings is 7. The lowest BCUT2D eigenvalue weighted by atomic mass is 9.67. The molecule has 1 aliphatic heterocycles. The molecule has 0 saturated carbocycles. The van der Waals surface area contributed by atoms with E-state index in [0.717, 1.165) is 77.5 Å². The molecule has 2 aliphatic rings. The van der Waals surface area contributed by atoms with Crippen molar-refractivity contribution in [2.45, 2.75) is 15.2 Å². The van der Waals surface area contributed by atoms with E-state index in [1.807, 2.05) is 24.2 Å². The average Bonchev–Trinajstić information content (AvgIpc) is 3.93. The monoisotopic (exact) mass is 781 g/mol. The zero-order valence-electron chi connectivity index (χ0n) is 32.0. The zero-order valence-corrected chi connectivity index (χ0v) is 32.9. The first-order chi connectivity index (χ1) is 29.7. The quantitative estimate of drug-likeness (QED) is 0.179. The minimum absolute atomic E-state index is 0.560. The molecular formula is C54H31N5S. The molecule has 1 aliphatic carbocycles. The van der Waals surface area contributed by atoms with Crippen molar-refractivity contribution in [1.29, 1.82) is 5.26 Å². The molecule has 0 unspecified atom stereocenters. The summed E-state index contributed by atoms with van der Waals surface area (Å²) in [6.45, 7) is 0. The molecule has 5 heterocycles. The summed E-state index contributed by atoms with van der Waals surface area (Å²) >= 11 is 1.83. The first kappa shape index (κ1) is 33.3. The molecule has 5 nitrogen and oxygen atoms in total. The lowest BCUT2D eigenvalue weighted by molar-refractivity contribution is 0.720. The van der Waals surface area contributed by atoms with E-state index in [-0.39, 0.29) is 0 Å². The van der Waals surface area contributed by atoms with Crippen LogP contribution in [0, 0.1) is 11.3 Å². The molecule has 0 saturated heterocycles. The van der Waals surface area contributed by atoms with Crippen molar-refractivity contribution < 1.29 is 0 Å². The molecule has 0 N–H and O–H groups in total. The molecule has 4 aromatic heterocycles. The highest BCUT2D eigenvalue weighted by Gasteiger charge is 2.51. The van der Waals surface area contributed by atoms with Gasteiger partial charge in [0.2, 0.25) is 0 Å². The van der Waals surface area contributed by atoms with Crippen LogP contribution < -0.4 is 0 Å². The summed E-state index contributed by atoms with van der Waals surface area (Å²) in [7, 11) is 0. The number of fused-ring (bicyclic) bond motifs is 15. The second kappa shape index (κ2) is 12.4. The lowest BCUT2D eigenvalue weighted by Gasteiger charge is -2.39. The minimum atomic E-state index is -0.560. The molecule has 60 heavy (non-hydrogen) atoms. The molecule has 0 fully saturated rings. The van der Waals surface area contributed by atoms with E-state index in [1.165, 1.54) is 32.0 Å². The Morgan fingerprint density at radius 1 is 0.433 bits per heavy atom. The average molecular weight is 782 g/mol. The highest BCUT2D eigenvalue weighted by molar-refractivity contribution is 7.99. The largest absolute Gasteiger partial charge is 0.308 e. The third-order valence-electron chi connectivity index (χ3n) is 12.7. The molecule has 13 rings (SSSR count). The molecule has 0 radical (unpaired) electrons. The first-order valence-corrected chi connectivity index (χ1v) is 20.9. The number of pyridine rings is 2. The van der Waals surface area contributed by atoms with Crippen molar-refractivity contribution in [3.05, 3.63) is 216 Å². The fourth-order valence-corrected chi connectivity index (χ4v) is 11.5. The third-order valence-corrected chi connectivity index (χ3v) is 13.9. The number of nitriles is 1. The van der Waals surface area contributed by atoms with Gasteiger partial charge in [0.25, 0.3) is 0 Å². The summed E-state index contributed by atoms with van der Waals surface area (Å²) in [5.74, 6) is 0. The zero-order chi connectivity index (χ0) is 39.5. The number of hydrogen-bond donors (Lipinski definition) is 0. The molecule has 7 aromatic carbocycles. The van der Waals surface area contributed by atoms with Crippen LogP contribution in [-0.2, 0) is 5.41 Å². The highest BCUT2D eigenvalue weighted by Crippen LogP contribution is 2.61. The number of rotatable bonds is 3. The highest BCUT2D eigenvalue weighted by atomic mass is 32.2. The Balaban J connectivity index is 1.02. The Morgan fingerprint density at radius 2 is 0.933 bits per heavy atom. The van der Waals surface area contributed by atoms with Crippen molar-refractivity contribution in [2.75, 3.05) is 0 Å². The lowest BCUT2D eigenvalue weighted by Crippen LogP contribution is -2.32. The minimum Gasteiger partial charge on any atom is -0.308 e. The Hall–Kier alpha value is -7.72. The van der Waals surface area contributed by atoms with Crippen LogP contribution >= 0.6 is 11.8 Å². The van der Waals surface area contributed by atoms with Gasteiger partial charge in [0.1, 0.15) is 11.6 Å². The van der Waals surface area contributed by atoms with Crippen molar-refractivity contribution in [1.82, 2.24) is 19.1 Å². The van der Waals surface area contributed by atoms with E-state index in [0.29, 0.717) is 5.56 Å². The van der Waals surface area contributed by atoms with E-state index >= 15 is 0 Å². The number of para-hydroxylation sites is 3. The molecule has 6 heteroatoms. The summed E-state index contributed by atoms with van der Waals surface area (Å²) in [4.78, 5) is 12.3. The molecule has 278 valence electrons. The van der Waals surface area contributed by atoms with E-state index in [2.05, 4.69) is 191 Å². The van der Waals surface area contributed by atoms with Crippen LogP contribution in [0.25, 0.3) is 77.5 Å². The van der Waals surface area contributed by atoms with Gasteiger partial charge in [-0.25, -0.2) is 0 Å². The van der Waals surface area contributed by atoms with Crippen molar-refractivity contribution in [3.8, 4) is 40.0 Å². The number of nitrogens with zero attached hydrogens (tertiary/aromatic N) is 5. The van der Waals surface area contributed by atoms with Gasteiger partial charge in [-0.3, -0.25) is 9.97 Å². The fraction of sp³-hybridized carbons (Fsp3) is 0.0185. The third kappa shape index (κ3) is 4.31. The molecular weight excluding hydrogens is 751 g/mol. The predicted octanol–water partition coefficient (Wildman–Crippen LogP) is 13.0. The van der Waals surface area contributed by atoms with Crippen LogP contribution in [0.2, 0.25) is 0 Å². The maximum Gasteiger partial charge on any atom is 0.104 e. The van der Waals surface area contributed by atoms with E-state index in [1.54, 1.807) is 0 Å². The van der Waals surface area contributed by atoms with Gasteiger partial charge in [-0.2, -0.15) is 5.26 Å². The van der Waals surface area contributed by atoms with E-state index < -0.39 is 5.41 Å². The second-order valence-electron chi connectivity index (χ2n) is 15.6. The summed E-state index contributed by atoms with van der Waals surface area (Å²) in [6, 6.07) is 65.5. The van der Waals surface area contributed by atoms with Gasteiger partial charge in [-0.1, -0.05) is 115 Å². The van der Waals surface area contributed by atoms with Crippen molar-refractivity contribution >= 4 is 55.4 Å². The maximum atomic E-state index is 11.1. The molecule has 11 aromatic rings. The molecule has 0 atom stereocenters. The van der Waals surface area contributed by atoms with E-state index in [4.69, 9.17) is 9.97 Å². The van der Waals surface area contributed by atoms with Gasteiger partial charge in [-0.05, 0) is 106 Å². The second-order valence-corrected chi connectivity index (χ2v) is 16.7. The van der Waals surface area contributed by atoms with Gasteiger partial charge in [0.05, 0.1) is 50.2 Å². The van der Waals surface area contributed by atoms with Gasteiger partial charge >= 0.3 is 0 Å². The van der Waals surface area contributed by atoms with E-state index in [9.17, 15) is 5.26 Å². The summed E-state index contributed by atoms with van der Waals surface area (Å²) in [6.07, 6.45) is 3.76. The Kier molecular flexibility index (Phi) is 6.87. The van der Waals surface area contributed by atoms with Crippen LogP contribution in [0.3, 0.4) is 0 Å². The predicted molar refractivity (Wildman–Crippen MR) is 242 cm³/mol. The van der Waals surface area contributed by atoms with Crippen LogP contribution in [0.1, 0.15) is 27.8 Å². The van der Waals surface area contributed by atoms with Gasteiger partial charge in [-0.15, -0.1) is 0 Å². The summed E-state index contributed by atoms with van der Waals surface area (Å²) in [5.41, 5.74) is 15.0. The fourth-order valence-electron chi connectivity index (χ4n) is 10.3. The maximum absolute atomic E-state index is 11.1. The topological polar surface area (TPSA) is 59.4 Å². The Morgan fingerprint density at radius 3 is 1.57 bits per heavy atom. The standard InChI is InChI=1S/C54H31N5S/c55-32-39-47(58-44-18-5-1-12-35(44)36-13-2-6-19-45(36)58)21-9-22-48(39)59-46-20-7-3-14-37(46)38-30-33(24-26-49(38)59)34-25-27-51-43(31-34)54(40-15-4-8-23-50(40)60-51)41-16-10-28-56-52(41)53-42(54)17-11-29-57-53/h1-31H. The first-order valence-electron chi connectivity index (χ1n) is 20.1. The van der Waals surface area contributed by atoms with Crippen molar-refractivity contribution in [3.63, 3.8) is 0 Å². The van der Waals surface area contributed by atoms with Crippen molar-refractivity contribution in [2.24, 2.45) is 0 Å². The summed E-state index contributed by atoms with van der Waals surface area (Å²) < 4.78 is 4.51. The summed E-state index contributed by atoms with van der Waals surface area (Å²) in [5, 5.41) is 15.7. The van der Waals surface area contributed by atoms with Crippen LogP contribution in [0.4, 0.5) is 0 Å². The SMILES string of the molecule is N#Cc1c(-n2c3ccccc3c3ccccc32)cccc1-n1c2ccccc2c2cc(-c3ccc4c(c3)C3(c5ccccc5S4)c4cccnc4-c4ncccc43)ccc21.